The molecular weight excluding hydrogens is 355 g/mol. The maximum absolute atomic E-state index is 9.65. The lowest BCUT2D eigenvalue weighted by molar-refractivity contribution is 0.426. The third-order valence-electron chi connectivity index (χ3n) is 5.86. The van der Waals surface area contributed by atoms with E-state index >= 15 is 0 Å². The second-order valence-corrected chi connectivity index (χ2v) is 7.60. The van der Waals surface area contributed by atoms with E-state index in [1.165, 1.54) is 27.8 Å². The molecule has 4 aromatic carbocycles. The van der Waals surface area contributed by atoms with Gasteiger partial charge < -0.3 is 10.0 Å². The van der Waals surface area contributed by atoms with Crippen LogP contribution in [0, 0.1) is 0 Å². The summed E-state index contributed by atoms with van der Waals surface area (Å²) >= 11 is 0. The highest BCUT2D eigenvalue weighted by molar-refractivity contribution is 6.58. The first kappa shape index (κ1) is 17.9. The van der Waals surface area contributed by atoms with Gasteiger partial charge in [-0.3, -0.25) is 0 Å². The monoisotopic (exact) mass is 376 g/mol. The van der Waals surface area contributed by atoms with Crippen LogP contribution in [0.15, 0.2) is 97.1 Å². The van der Waals surface area contributed by atoms with Crippen molar-refractivity contribution in [2.24, 2.45) is 0 Å². The van der Waals surface area contributed by atoms with Crippen molar-refractivity contribution in [2.45, 2.75) is 12.3 Å². The second-order valence-electron chi connectivity index (χ2n) is 7.60. The molecule has 1 aliphatic rings. The summed E-state index contributed by atoms with van der Waals surface area (Å²) in [4.78, 5) is 0. The van der Waals surface area contributed by atoms with Gasteiger partial charge >= 0.3 is 7.12 Å². The first-order valence-corrected chi connectivity index (χ1v) is 9.93. The number of benzene rings is 4. The third kappa shape index (κ3) is 3.19. The van der Waals surface area contributed by atoms with E-state index < -0.39 is 7.12 Å². The van der Waals surface area contributed by atoms with Crippen molar-refractivity contribution in [1.82, 2.24) is 0 Å². The van der Waals surface area contributed by atoms with Gasteiger partial charge in [-0.05, 0) is 50.8 Å². The molecule has 2 nitrogen and oxygen atoms in total. The summed E-state index contributed by atoms with van der Waals surface area (Å²) in [5.74, 6) is 0.148. The summed E-state index contributed by atoms with van der Waals surface area (Å²) in [5.41, 5.74) is 9.27. The molecule has 3 heteroatoms. The molecule has 0 fully saturated rings. The van der Waals surface area contributed by atoms with Crippen molar-refractivity contribution in [3.63, 3.8) is 0 Å². The smallest absolute Gasteiger partial charge is 0.423 e. The lowest BCUT2D eigenvalue weighted by Crippen LogP contribution is -2.29. The van der Waals surface area contributed by atoms with E-state index in [0.29, 0.717) is 5.46 Å². The van der Waals surface area contributed by atoms with Crippen LogP contribution in [-0.4, -0.2) is 17.2 Å². The molecule has 0 radical (unpaired) electrons. The van der Waals surface area contributed by atoms with Gasteiger partial charge in [0.15, 0.2) is 0 Å². The van der Waals surface area contributed by atoms with E-state index in [0.717, 1.165) is 17.5 Å². The van der Waals surface area contributed by atoms with E-state index in [1.807, 2.05) is 18.2 Å². The SMILES string of the molecule is OB(O)c1cccc(-c2cccc3c2C(c2ccccc2)c2ccccc2C3)c1. The van der Waals surface area contributed by atoms with Gasteiger partial charge in [0, 0.05) is 5.92 Å². The molecule has 1 unspecified atom stereocenters. The quantitative estimate of drug-likeness (QED) is 0.465. The molecule has 0 saturated carbocycles. The van der Waals surface area contributed by atoms with Crippen LogP contribution in [0.1, 0.15) is 33.7 Å². The highest BCUT2D eigenvalue weighted by atomic mass is 16.4. The predicted molar refractivity (Wildman–Crippen MR) is 118 cm³/mol. The average molecular weight is 376 g/mol. The van der Waals surface area contributed by atoms with Crippen molar-refractivity contribution in [3.8, 4) is 11.1 Å². The van der Waals surface area contributed by atoms with E-state index in [2.05, 4.69) is 72.8 Å². The first-order valence-electron chi connectivity index (χ1n) is 9.93. The fourth-order valence-corrected chi connectivity index (χ4v) is 4.56. The van der Waals surface area contributed by atoms with Crippen LogP contribution in [0.2, 0.25) is 0 Å². The van der Waals surface area contributed by atoms with Gasteiger partial charge in [-0.2, -0.15) is 0 Å². The molecule has 0 bridgehead atoms. The average Bonchev–Trinajstić information content (AvgIpc) is 2.77. The second kappa shape index (κ2) is 7.36. The van der Waals surface area contributed by atoms with Gasteiger partial charge in [-0.1, -0.05) is 97.1 Å². The Labute approximate surface area is 171 Å². The van der Waals surface area contributed by atoms with Crippen LogP contribution in [0.25, 0.3) is 11.1 Å². The maximum Gasteiger partial charge on any atom is 0.488 e. The van der Waals surface area contributed by atoms with Crippen molar-refractivity contribution >= 4 is 12.6 Å². The molecule has 0 spiro atoms. The Morgan fingerprint density at radius 1 is 0.690 bits per heavy atom. The zero-order valence-electron chi connectivity index (χ0n) is 16.0. The zero-order valence-corrected chi connectivity index (χ0v) is 16.0. The standard InChI is InChI=1S/C26H21BO2/c28-27(29)22-13-6-11-20(17-22)24-15-7-12-21-16-19-10-4-5-14-23(19)25(26(21)24)18-8-2-1-3-9-18/h1-15,17,25,28-29H,16H2. The topological polar surface area (TPSA) is 40.5 Å². The lowest BCUT2D eigenvalue weighted by Gasteiger charge is -2.31. The molecule has 4 aromatic rings. The summed E-state index contributed by atoms with van der Waals surface area (Å²) in [7, 11) is -1.47. The van der Waals surface area contributed by atoms with E-state index in [4.69, 9.17) is 0 Å². The van der Waals surface area contributed by atoms with Gasteiger partial charge in [0.1, 0.15) is 0 Å². The minimum atomic E-state index is -1.47. The number of hydrogen-bond donors (Lipinski definition) is 2. The Kier molecular flexibility index (Phi) is 4.55. The molecule has 0 amide bonds. The Hall–Kier alpha value is -3.14. The van der Waals surface area contributed by atoms with Gasteiger partial charge in [0.25, 0.3) is 0 Å². The summed E-state index contributed by atoms with van der Waals surface area (Å²) in [5, 5.41) is 19.3. The fraction of sp³-hybridized carbons (Fsp3) is 0.0769. The highest BCUT2D eigenvalue weighted by Gasteiger charge is 2.29. The van der Waals surface area contributed by atoms with Crippen LogP contribution >= 0.6 is 0 Å². The van der Waals surface area contributed by atoms with Crippen LogP contribution in [0.5, 0.6) is 0 Å². The highest BCUT2D eigenvalue weighted by Crippen LogP contribution is 2.45. The minimum Gasteiger partial charge on any atom is -0.423 e. The minimum absolute atomic E-state index is 0.148. The first-order chi connectivity index (χ1) is 14.2. The van der Waals surface area contributed by atoms with Crippen molar-refractivity contribution in [3.05, 3.63) is 125 Å². The molecule has 140 valence electrons. The van der Waals surface area contributed by atoms with Crippen LogP contribution in [0.3, 0.4) is 0 Å². The van der Waals surface area contributed by atoms with Crippen molar-refractivity contribution in [2.75, 3.05) is 0 Å². The van der Waals surface area contributed by atoms with E-state index in [-0.39, 0.29) is 5.92 Å². The Morgan fingerprint density at radius 2 is 1.41 bits per heavy atom. The van der Waals surface area contributed by atoms with Gasteiger partial charge in [-0.15, -0.1) is 0 Å². The molecule has 1 atom stereocenters. The normalized spacial score (nSPS) is 14.8. The summed E-state index contributed by atoms with van der Waals surface area (Å²) in [6.07, 6.45) is 0.908. The van der Waals surface area contributed by atoms with Crippen LogP contribution < -0.4 is 5.46 Å². The van der Waals surface area contributed by atoms with Gasteiger partial charge in [0.2, 0.25) is 0 Å². The van der Waals surface area contributed by atoms with Crippen molar-refractivity contribution in [1.29, 1.82) is 0 Å². The molecular formula is C26H21BO2. The largest absolute Gasteiger partial charge is 0.488 e. The Balaban J connectivity index is 1.77. The molecule has 0 aliphatic heterocycles. The summed E-state index contributed by atoms with van der Waals surface area (Å²) in [6.45, 7) is 0. The molecule has 2 N–H and O–H groups in total. The third-order valence-corrected chi connectivity index (χ3v) is 5.86. The Bertz CT molecular complexity index is 1170. The number of rotatable bonds is 3. The number of fused-ring (bicyclic) bond motifs is 2. The summed E-state index contributed by atoms with van der Waals surface area (Å²) < 4.78 is 0. The molecule has 0 heterocycles. The molecule has 29 heavy (non-hydrogen) atoms. The molecule has 5 rings (SSSR count). The predicted octanol–water partition coefficient (Wildman–Crippen LogP) is 4.12. The van der Waals surface area contributed by atoms with Crippen LogP contribution in [0.4, 0.5) is 0 Å². The fourth-order valence-electron chi connectivity index (χ4n) is 4.56. The maximum atomic E-state index is 9.65. The molecule has 0 saturated heterocycles. The van der Waals surface area contributed by atoms with Gasteiger partial charge in [0.05, 0.1) is 0 Å². The Morgan fingerprint density at radius 3 is 2.24 bits per heavy atom. The van der Waals surface area contributed by atoms with E-state index in [1.54, 1.807) is 6.07 Å². The van der Waals surface area contributed by atoms with Crippen molar-refractivity contribution < 1.29 is 10.0 Å². The lowest BCUT2D eigenvalue weighted by atomic mass is 9.71. The van der Waals surface area contributed by atoms with Gasteiger partial charge in [-0.25, -0.2) is 0 Å². The van der Waals surface area contributed by atoms with Crippen LogP contribution in [-0.2, 0) is 6.42 Å². The molecule has 1 aliphatic carbocycles. The summed E-state index contributed by atoms with van der Waals surface area (Å²) in [6, 6.07) is 33.3. The zero-order chi connectivity index (χ0) is 19.8. The van der Waals surface area contributed by atoms with E-state index in [9.17, 15) is 10.0 Å². The number of hydrogen-bond acceptors (Lipinski definition) is 2. The molecule has 0 aromatic heterocycles.